The fourth-order valence-corrected chi connectivity index (χ4v) is 13.6. The topological polar surface area (TPSA) is 36.0 Å². The molecule has 0 bridgehead atoms. The summed E-state index contributed by atoms with van der Waals surface area (Å²) in [6.45, 7) is 21.4. The Labute approximate surface area is 417 Å². The van der Waals surface area contributed by atoms with Gasteiger partial charge < -0.3 is 23.5 Å². The van der Waals surface area contributed by atoms with E-state index in [1.54, 1.807) is 0 Å². The molecule has 5 heterocycles. The van der Waals surface area contributed by atoms with Crippen LogP contribution in [-0.2, 0) is 16.2 Å². The van der Waals surface area contributed by atoms with E-state index in [-0.39, 0.29) is 28.5 Å². The number of anilines is 8. The molecule has 4 aliphatic rings. The highest BCUT2D eigenvalue weighted by molar-refractivity contribution is 7.00. The normalized spacial score (nSPS) is 19.4. The molecule has 0 spiro atoms. The van der Waals surface area contributed by atoms with Crippen LogP contribution in [0.1, 0.15) is 103 Å². The van der Waals surface area contributed by atoms with E-state index in [1.165, 1.54) is 92.0 Å². The molecule has 6 heteroatoms. The van der Waals surface area contributed by atoms with Gasteiger partial charge in [0.25, 0.3) is 6.71 Å². The molecule has 2 atom stereocenters. The predicted octanol–water partition coefficient (Wildman–Crippen LogP) is 16.2. The second kappa shape index (κ2) is 14.5. The number of hydrogen-bond acceptors (Lipinski definition) is 5. The molecule has 0 saturated heterocycles. The average Bonchev–Trinajstić information content (AvgIpc) is 3.98. The fourth-order valence-electron chi connectivity index (χ4n) is 13.6. The molecule has 1 fully saturated rings. The highest BCUT2D eigenvalue weighted by Gasteiger charge is 2.58. The Morgan fingerprint density at radius 2 is 1.11 bits per heavy atom. The van der Waals surface area contributed by atoms with Gasteiger partial charge in [-0.15, -0.1) is 0 Å². The Bertz CT molecular complexity index is 3900. The Balaban J connectivity index is 1.06. The van der Waals surface area contributed by atoms with E-state index in [2.05, 4.69) is 229 Å². The molecular formula is C65H60BN3O2. The lowest BCUT2D eigenvalue weighted by molar-refractivity contribution is 0.195. The van der Waals surface area contributed by atoms with Crippen LogP contribution < -0.4 is 31.1 Å². The van der Waals surface area contributed by atoms with Crippen LogP contribution in [0, 0.1) is 6.92 Å². The summed E-state index contributed by atoms with van der Waals surface area (Å²) in [6, 6.07) is 57.4. The molecule has 10 aromatic rings. The minimum absolute atomic E-state index is 0.00317. The third kappa shape index (κ3) is 5.88. The summed E-state index contributed by atoms with van der Waals surface area (Å²) < 4.78 is 13.4. The third-order valence-electron chi connectivity index (χ3n) is 17.5. The lowest BCUT2D eigenvalue weighted by Gasteiger charge is -2.50. The molecule has 3 aliphatic heterocycles. The smallest absolute Gasteiger partial charge is 0.252 e. The maximum Gasteiger partial charge on any atom is 0.252 e. The summed E-state index contributed by atoms with van der Waals surface area (Å²) in [7, 11) is 0. The Morgan fingerprint density at radius 1 is 0.479 bits per heavy atom. The molecule has 0 N–H and O–H groups in total. The van der Waals surface area contributed by atoms with Gasteiger partial charge in [0.1, 0.15) is 16.7 Å². The quantitative estimate of drug-likeness (QED) is 0.165. The van der Waals surface area contributed by atoms with Crippen LogP contribution in [-0.4, -0.2) is 12.3 Å². The van der Waals surface area contributed by atoms with Crippen molar-refractivity contribution < 1.29 is 8.83 Å². The monoisotopic (exact) mass is 925 g/mol. The Morgan fingerprint density at radius 3 is 1.87 bits per heavy atom. The van der Waals surface area contributed by atoms with Crippen LogP contribution in [0.25, 0.3) is 43.9 Å². The minimum atomic E-state index is -0.112. The van der Waals surface area contributed by atoms with Crippen LogP contribution in [0.15, 0.2) is 160 Å². The first-order chi connectivity index (χ1) is 34.1. The number of para-hydroxylation sites is 3. The van der Waals surface area contributed by atoms with Crippen molar-refractivity contribution >= 4 is 112 Å². The predicted molar refractivity (Wildman–Crippen MR) is 300 cm³/mol. The number of aryl methyl sites for hydroxylation is 1. The summed E-state index contributed by atoms with van der Waals surface area (Å²) in [4.78, 5) is 7.86. The van der Waals surface area contributed by atoms with Crippen molar-refractivity contribution in [3.63, 3.8) is 0 Å². The first-order valence-corrected chi connectivity index (χ1v) is 25.9. The first-order valence-electron chi connectivity index (χ1n) is 25.9. The highest BCUT2D eigenvalue weighted by Crippen LogP contribution is 2.62. The number of furan rings is 2. The molecule has 0 radical (unpaired) electrons. The van der Waals surface area contributed by atoms with Crippen LogP contribution in [0.2, 0.25) is 0 Å². The van der Waals surface area contributed by atoms with Crippen molar-refractivity contribution in [1.82, 2.24) is 0 Å². The van der Waals surface area contributed by atoms with Crippen molar-refractivity contribution in [1.29, 1.82) is 0 Å². The average molecular weight is 926 g/mol. The molecule has 2 unspecified atom stereocenters. The van der Waals surface area contributed by atoms with Crippen LogP contribution in [0.4, 0.5) is 45.5 Å². The summed E-state index contributed by atoms with van der Waals surface area (Å²) in [6.07, 6.45) is 4.78. The summed E-state index contributed by atoms with van der Waals surface area (Å²) in [5, 5.41) is 4.49. The van der Waals surface area contributed by atoms with Gasteiger partial charge in [-0.1, -0.05) is 140 Å². The van der Waals surface area contributed by atoms with Gasteiger partial charge in [0, 0.05) is 66.8 Å². The molecule has 5 nitrogen and oxygen atoms in total. The van der Waals surface area contributed by atoms with Crippen molar-refractivity contribution in [2.45, 2.75) is 110 Å². The first kappa shape index (κ1) is 42.7. The SMILES string of the molecule is Cc1cc2c3c(c1)N(c1cccc4c1oc1ccccc14)c1cc(N4c5ccc(C(C)(C)C)cc5C5(C)CCCCC45C)ccc1B3c1cc(C(C)(C)C)ccc1N2c1ccc2oc3ccccc3c2c1. The van der Waals surface area contributed by atoms with Crippen molar-refractivity contribution in [2.24, 2.45) is 0 Å². The van der Waals surface area contributed by atoms with E-state index in [4.69, 9.17) is 8.83 Å². The van der Waals surface area contributed by atoms with E-state index >= 15 is 0 Å². The molecule has 0 amide bonds. The maximum absolute atomic E-state index is 7.01. The third-order valence-corrected chi connectivity index (χ3v) is 17.5. The van der Waals surface area contributed by atoms with Gasteiger partial charge in [-0.3, -0.25) is 0 Å². The zero-order chi connectivity index (χ0) is 48.5. The van der Waals surface area contributed by atoms with Crippen LogP contribution in [0.5, 0.6) is 0 Å². The van der Waals surface area contributed by atoms with Crippen molar-refractivity contribution in [3.8, 4) is 0 Å². The summed E-state index contributed by atoms with van der Waals surface area (Å²) in [5.41, 5.74) is 22.3. The molecule has 2 aromatic heterocycles. The fraction of sp³-hybridized carbons (Fsp3) is 0.262. The van der Waals surface area contributed by atoms with Gasteiger partial charge in [-0.25, -0.2) is 0 Å². The lowest BCUT2D eigenvalue weighted by atomic mass is 9.33. The molecule has 1 aliphatic carbocycles. The molecule has 14 rings (SSSR count). The standard InChI is InChI=1S/C65H60BN3O2/c1-39-33-55-60-56(34-39)68(53-20-16-19-46-44-17-10-13-22-58(44)71-61(46)53)54-38-43(69-51-28-23-40(62(2,3)4)35-48(51)64(8)31-14-15-32-65(64,69)9)25-27-49(54)66(60)50-36-41(63(5,6)7)24-29-52(50)67(55)42-26-30-59-47(37-42)45-18-11-12-21-57(45)70-59/h10-13,16-30,33-38H,14-15,31-32H2,1-9H3. The second-order valence-electron chi connectivity index (χ2n) is 23.7. The second-order valence-corrected chi connectivity index (χ2v) is 23.7. The molecule has 8 aromatic carbocycles. The number of rotatable bonds is 3. The highest BCUT2D eigenvalue weighted by atomic mass is 16.3. The summed E-state index contributed by atoms with van der Waals surface area (Å²) >= 11 is 0. The molecule has 350 valence electrons. The van der Waals surface area contributed by atoms with Gasteiger partial charge >= 0.3 is 0 Å². The van der Waals surface area contributed by atoms with E-state index < -0.39 is 0 Å². The Hall–Kier alpha value is -7.18. The van der Waals surface area contributed by atoms with Gasteiger partial charge in [0.2, 0.25) is 0 Å². The lowest BCUT2D eigenvalue weighted by Crippen LogP contribution is -2.61. The van der Waals surface area contributed by atoms with Crippen molar-refractivity contribution in [3.05, 3.63) is 174 Å². The number of fused-ring (bicyclic) bond motifs is 13. The Kier molecular flexibility index (Phi) is 8.70. The van der Waals surface area contributed by atoms with Gasteiger partial charge in [0.05, 0.1) is 11.2 Å². The molecule has 71 heavy (non-hydrogen) atoms. The molecular weight excluding hydrogens is 866 g/mol. The molecule has 1 saturated carbocycles. The zero-order valence-electron chi connectivity index (χ0n) is 42.5. The number of hydrogen-bond donors (Lipinski definition) is 0. The zero-order valence-corrected chi connectivity index (χ0v) is 42.5. The van der Waals surface area contributed by atoms with Gasteiger partial charge in [-0.2, -0.15) is 0 Å². The van der Waals surface area contributed by atoms with Crippen LogP contribution >= 0.6 is 0 Å². The van der Waals surface area contributed by atoms with Gasteiger partial charge in [-0.05, 0) is 149 Å². The maximum atomic E-state index is 7.01. The summed E-state index contributed by atoms with van der Waals surface area (Å²) in [5.74, 6) is 0. The van der Waals surface area contributed by atoms with E-state index in [0.29, 0.717) is 0 Å². The van der Waals surface area contributed by atoms with Crippen molar-refractivity contribution in [2.75, 3.05) is 14.7 Å². The number of benzene rings is 8. The number of nitrogens with zero attached hydrogens (tertiary/aromatic N) is 3. The largest absolute Gasteiger partial charge is 0.456 e. The van der Waals surface area contributed by atoms with E-state index in [1.807, 2.05) is 0 Å². The van der Waals surface area contributed by atoms with Crippen LogP contribution in [0.3, 0.4) is 0 Å². The van der Waals surface area contributed by atoms with Gasteiger partial charge in [0.15, 0.2) is 5.58 Å². The minimum Gasteiger partial charge on any atom is -0.456 e. The van der Waals surface area contributed by atoms with E-state index in [9.17, 15) is 0 Å². The van der Waals surface area contributed by atoms with E-state index in [0.717, 1.165) is 61.7 Å².